The van der Waals surface area contributed by atoms with E-state index in [9.17, 15) is 4.79 Å². The number of carbonyl (C=O) groups excluding carboxylic acids is 1. The summed E-state index contributed by atoms with van der Waals surface area (Å²) >= 11 is 1.38. The van der Waals surface area contributed by atoms with Crippen LogP contribution in [0.2, 0.25) is 0 Å². The lowest BCUT2D eigenvalue weighted by Gasteiger charge is -2.14. The molecule has 2 aromatic heterocycles. The van der Waals surface area contributed by atoms with Gasteiger partial charge in [-0.25, -0.2) is 9.78 Å². The Balaban J connectivity index is 1.59. The summed E-state index contributed by atoms with van der Waals surface area (Å²) in [6, 6.07) is 10.9. The van der Waals surface area contributed by atoms with Crippen molar-refractivity contribution in [2.24, 2.45) is 0 Å². The van der Waals surface area contributed by atoms with Crippen molar-refractivity contribution in [1.29, 1.82) is 0 Å². The van der Waals surface area contributed by atoms with Gasteiger partial charge in [-0.05, 0) is 36.8 Å². The molecule has 0 aliphatic carbocycles. The molecule has 6 nitrogen and oxygen atoms in total. The van der Waals surface area contributed by atoms with E-state index in [2.05, 4.69) is 20.6 Å². The Morgan fingerprint density at radius 2 is 1.88 bits per heavy atom. The number of amides is 2. The second-order valence-corrected chi connectivity index (χ2v) is 6.23. The van der Waals surface area contributed by atoms with Crippen LogP contribution < -0.4 is 15.4 Å². The highest BCUT2D eigenvalue weighted by atomic mass is 32.1. The highest BCUT2D eigenvalue weighted by molar-refractivity contribution is 7.14. The standard InChI is InChI=1S/C18H18N4O2S/c1-12(13-3-5-15(24-2)6-4-13)20-17(23)22-18-21-16(11-25-18)14-7-9-19-10-8-14/h3-12H,1-2H3,(H2,20,21,22,23). The van der Waals surface area contributed by atoms with Crippen molar-refractivity contribution in [3.8, 4) is 17.0 Å². The molecule has 2 N–H and O–H groups in total. The third-order valence-electron chi connectivity index (χ3n) is 3.66. The molecule has 2 heterocycles. The molecular weight excluding hydrogens is 336 g/mol. The van der Waals surface area contributed by atoms with Crippen LogP contribution in [0.5, 0.6) is 5.75 Å². The van der Waals surface area contributed by atoms with Gasteiger partial charge in [-0.3, -0.25) is 10.3 Å². The van der Waals surface area contributed by atoms with Gasteiger partial charge < -0.3 is 10.1 Å². The number of carbonyl (C=O) groups is 1. The largest absolute Gasteiger partial charge is 0.497 e. The first kappa shape index (κ1) is 16.9. The van der Waals surface area contributed by atoms with Gasteiger partial charge in [0.25, 0.3) is 0 Å². The zero-order valence-corrected chi connectivity index (χ0v) is 14.7. The molecule has 0 radical (unpaired) electrons. The summed E-state index contributed by atoms with van der Waals surface area (Å²) in [5, 5.41) is 8.12. The molecule has 25 heavy (non-hydrogen) atoms. The first-order valence-electron chi connectivity index (χ1n) is 7.73. The lowest BCUT2D eigenvalue weighted by molar-refractivity contribution is 0.249. The van der Waals surface area contributed by atoms with Crippen molar-refractivity contribution in [2.45, 2.75) is 13.0 Å². The summed E-state index contributed by atoms with van der Waals surface area (Å²) in [4.78, 5) is 20.6. The van der Waals surface area contributed by atoms with Crippen LogP contribution in [0.15, 0.2) is 54.2 Å². The molecule has 0 saturated heterocycles. The van der Waals surface area contributed by atoms with Gasteiger partial charge in [-0.15, -0.1) is 11.3 Å². The minimum absolute atomic E-state index is 0.134. The fraction of sp³-hybridized carbons (Fsp3) is 0.167. The topological polar surface area (TPSA) is 76.1 Å². The maximum absolute atomic E-state index is 12.2. The van der Waals surface area contributed by atoms with E-state index in [1.54, 1.807) is 19.5 Å². The predicted molar refractivity (Wildman–Crippen MR) is 98.9 cm³/mol. The average molecular weight is 354 g/mol. The van der Waals surface area contributed by atoms with E-state index >= 15 is 0 Å². The van der Waals surface area contributed by atoms with Gasteiger partial charge in [0.15, 0.2) is 5.13 Å². The monoisotopic (exact) mass is 354 g/mol. The number of pyridine rings is 1. The van der Waals surface area contributed by atoms with E-state index in [-0.39, 0.29) is 12.1 Å². The van der Waals surface area contributed by atoms with Crippen molar-refractivity contribution >= 4 is 22.5 Å². The second-order valence-electron chi connectivity index (χ2n) is 5.37. The summed E-state index contributed by atoms with van der Waals surface area (Å²) in [5.74, 6) is 0.784. The molecule has 0 fully saturated rings. The summed E-state index contributed by atoms with van der Waals surface area (Å²) in [7, 11) is 1.62. The maximum atomic E-state index is 12.2. The lowest BCUT2D eigenvalue weighted by Crippen LogP contribution is -2.31. The van der Waals surface area contributed by atoms with Crippen LogP contribution in [0.25, 0.3) is 11.3 Å². The Bertz CT molecular complexity index is 834. The molecule has 0 spiro atoms. The van der Waals surface area contributed by atoms with Gasteiger partial charge in [0, 0.05) is 23.3 Å². The van der Waals surface area contributed by atoms with E-state index in [1.165, 1.54) is 11.3 Å². The van der Waals surface area contributed by atoms with Gasteiger partial charge >= 0.3 is 6.03 Å². The SMILES string of the molecule is COc1ccc(C(C)NC(=O)Nc2nc(-c3ccncc3)cs2)cc1. The molecule has 3 rings (SSSR count). The molecule has 0 aliphatic heterocycles. The zero-order chi connectivity index (χ0) is 17.6. The van der Waals surface area contributed by atoms with Crippen molar-refractivity contribution in [3.63, 3.8) is 0 Å². The van der Waals surface area contributed by atoms with Crippen molar-refractivity contribution in [1.82, 2.24) is 15.3 Å². The molecule has 2 amide bonds. The van der Waals surface area contributed by atoms with Crippen LogP contribution in [-0.4, -0.2) is 23.1 Å². The number of aromatic nitrogens is 2. The number of rotatable bonds is 5. The Hall–Kier alpha value is -2.93. The zero-order valence-electron chi connectivity index (χ0n) is 13.9. The molecule has 0 aliphatic rings. The van der Waals surface area contributed by atoms with Gasteiger partial charge in [0.2, 0.25) is 0 Å². The molecule has 0 bridgehead atoms. The molecule has 1 aromatic carbocycles. The third kappa shape index (κ3) is 4.33. The third-order valence-corrected chi connectivity index (χ3v) is 4.42. The fourth-order valence-electron chi connectivity index (χ4n) is 2.29. The first-order chi connectivity index (χ1) is 12.2. The highest BCUT2D eigenvalue weighted by Gasteiger charge is 2.12. The fourth-order valence-corrected chi connectivity index (χ4v) is 3.01. The number of hydrogen-bond acceptors (Lipinski definition) is 5. The highest BCUT2D eigenvalue weighted by Crippen LogP contribution is 2.24. The summed E-state index contributed by atoms with van der Waals surface area (Å²) < 4.78 is 5.14. The van der Waals surface area contributed by atoms with Gasteiger partial charge in [-0.2, -0.15) is 0 Å². The quantitative estimate of drug-likeness (QED) is 0.723. The number of anilines is 1. The summed E-state index contributed by atoms with van der Waals surface area (Å²) in [6.45, 7) is 1.92. The smallest absolute Gasteiger partial charge is 0.321 e. The number of nitrogens with one attached hydrogen (secondary N) is 2. The Kier molecular flexibility index (Phi) is 5.25. The van der Waals surface area contributed by atoms with E-state index in [0.29, 0.717) is 5.13 Å². The van der Waals surface area contributed by atoms with E-state index in [0.717, 1.165) is 22.6 Å². The first-order valence-corrected chi connectivity index (χ1v) is 8.61. The molecule has 1 atom stereocenters. The maximum Gasteiger partial charge on any atom is 0.321 e. The van der Waals surface area contributed by atoms with Crippen LogP contribution in [0, 0.1) is 0 Å². The minimum atomic E-state index is -0.293. The molecule has 0 saturated carbocycles. The molecule has 3 aromatic rings. The molecule has 128 valence electrons. The Morgan fingerprint density at radius 1 is 1.16 bits per heavy atom. The summed E-state index contributed by atoms with van der Waals surface area (Å²) in [6.07, 6.45) is 3.43. The lowest BCUT2D eigenvalue weighted by atomic mass is 10.1. The Morgan fingerprint density at radius 3 is 2.56 bits per heavy atom. The summed E-state index contributed by atoms with van der Waals surface area (Å²) in [5.41, 5.74) is 2.77. The number of hydrogen-bond donors (Lipinski definition) is 2. The Labute approximate surface area is 149 Å². The van der Waals surface area contributed by atoms with E-state index in [1.807, 2.05) is 48.7 Å². The van der Waals surface area contributed by atoms with Crippen LogP contribution in [0.1, 0.15) is 18.5 Å². The van der Waals surface area contributed by atoms with E-state index < -0.39 is 0 Å². The van der Waals surface area contributed by atoms with Crippen LogP contribution >= 0.6 is 11.3 Å². The van der Waals surface area contributed by atoms with E-state index in [4.69, 9.17) is 4.74 Å². The van der Waals surface area contributed by atoms with Crippen molar-refractivity contribution < 1.29 is 9.53 Å². The molecule has 1 unspecified atom stereocenters. The number of ether oxygens (including phenoxy) is 1. The van der Waals surface area contributed by atoms with Crippen LogP contribution in [-0.2, 0) is 0 Å². The molecule has 7 heteroatoms. The number of methoxy groups -OCH3 is 1. The predicted octanol–water partition coefficient (Wildman–Crippen LogP) is 4.10. The number of nitrogens with zero attached hydrogens (tertiary/aromatic N) is 2. The number of urea groups is 1. The van der Waals surface area contributed by atoms with Gasteiger partial charge in [-0.1, -0.05) is 12.1 Å². The average Bonchev–Trinajstić information content (AvgIpc) is 3.10. The van der Waals surface area contributed by atoms with Crippen molar-refractivity contribution in [2.75, 3.05) is 12.4 Å². The minimum Gasteiger partial charge on any atom is -0.497 e. The second kappa shape index (κ2) is 7.76. The van der Waals surface area contributed by atoms with Gasteiger partial charge in [0.1, 0.15) is 5.75 Å². The van der Waals surface area contributed by atoms with Crippen molar-refractivity contribution in [3.05, 3.63) is 59.7 Å². The molecular formula is C18H18N4O2S. The normalized spacial score (nSPS) is 11.6. The number of benzene rings is 1. The van der Waals surface area contributed by atoms with Crippen LogP contribution in [0.3, 0.4) is 0 Å². The van der Waals surface area contributed by atoms with Crippen LogP contribution in [0.4, 0.5) is 9.93 Å². The van der Waals surface area contributed by atoms with Gasteiger partial charge in [0.05, 0.1) is 18.8 Å². The number of thiazole rings is 1.